The predicted octanol–water partition coefficient (Wildman–Crippen LogP) is 4.80. The first kappa shape index (κ1) is 18.7. The van der Waals surface area contributed by atoms with Crippen LogP contribution in [-0.2, 0) is 0 Å². The van der Waals surface area contributed by atoms with Crippen molar-refractivity contribution in [1.29, 1.82) is 0 Å². The van der Waals surface area contributed by atoms with Gasteiger partial charge in [0.05, 0.1) is 11.2 Å². The van der Waals surface area contributed by atoms with Gasteiger partial charge in [-0.2, -0.15) is 5.10 Å². The minimum absolute atomic E-state index is 0.237. The standard InChI is InChI=1S/C20H19F3N6O/c21-20(22,23)30-14-8-4-7-12-9-13(27-15(12)14)16-17-18(24)25-10-26-29(17)19(28-16)11-5-2-1-3-6-11/h4,7-11,27H,1-3,5-6H2,(H2,24,25,26). The number of benzene rings is 1. The second kappa shape index (κ2) is 6.89. The molecule has 0 atom stereocenters. The number of hydrogen-bond donors (Lipinski definition) is 2. The van der Waals surface area contributed by atoms with E-state index in [0.717, 1.165) is 31.5 Å². The number of halogens is 3. The number of fused-ring (bicyclic) bond motifs is 2. The molecule has 10 heteroatoms. The number of anilines is 1. The first-order chi connectivity index (χ1) is 14.4. The Morgan fingerprint density at radius 2 is 1.97 bits per heavy atom. The van der Waals surface area contributed by atoms with Gasteiger partial charge in [-0.1, -0.05) is 31.4 Å². The summed E-state index contributed by atoms with van der Waals surface area (Å²) in [6.45, 7) is 0. The first-order valence-electron chi connectivity index (χ1n) is 9.77. The van der Waals surface area contributed by atoms with Crippen LogP contribution in [0.4, 0.5) is 19.0 Å². The van der Waals surface area contributed by atoms with Gasteiger partial charge in [0.15, 0.2) is 11.6 Å². The van der Waals surface area contributed by atoms with Gasteiger partial charge in [-0.3, -0.25) is 0 Å². The molecule has 0 unspecified atom stereocenters. The average molecular weight is 416 g/mol. The fourth-order valence-electron chi connectivity index (χ4n) is 4.26. The minimum atomic E-state index is -4.78. The highest BCUT2D eigenvalue weighted by Gasteiger charge is 2.32. The number of ether oxygens (including phenoxy) is 1. The van der Waals surface area contributed by atoms with Gasteiger partial charge in [-0.25, -0.2) is 14.5 Å². The summed E-state index contributed by atoms with van der Waals surface area (Å²) in [5.74, 6) is 1.02. The van der Waals surface area contributed by atoms with E-state index in [1.807, 2.05) is 0 Å². The number of hydrogen-bond acceptors (Lipinski definition) is 5. The summed E-state index contributed by atoms with van der Waals surface area (Å²) < 4.78 is 44.2. The molecule has 5 rings (SSSR count). The Kier molecular flexibility index (Phi) is 4.30. The van der Waals surface area contributed by atoms with Crippen LogP contribution in [0.3, 0.4) is 0 Å². The van der Waals surface area contributed by atoms with Crippen LogP contribution in [0.2, 0.25) is 0 Å². The lowest BCUT2D eigenvalue weighted by atomic mass is 9.89. The lowest BCUT2D eigenvalue weighted by Gasteiger charge is -2.19. The molecular weight excluding hydrogens is 397 g/mol. The van der Waals surface area contributed by atoms with Crippen LogP contribution in [0.25, 0.3) is 27.8 Å². The molecule has 1 fully saturated rings. The lowest BCUT2D eigenvalue weighted by Crippen LogP contribution is -2.17. The summed E-state index contributed by atoms with van der Waals surface area (Å²) in [7, 11) is 0. The molecule has 3 N–H and O–H groups in total. The number of alkyl halides is 3. The maximum Gasteiger partial charge on any atom is 0.573 e. The Balaban J connectivity index is 1.68. The zero-order valence-electron chi connectivity index (χ0n) is 15.9. The Morgan fingerprint density at radius 3 is 2.73 bits per heavy atom. The molecule has 3 aromatic heterocycles. The van der Waals surface area contributed by atoms with Gasteiger partial charge < -0.3 is 15.5 Å². The summed E-state index contributed by atoms with van der Waals surface area (Å²) in [5.41, 5.74) is 7.97. The monoisotopic (exact) mass is 416 g/mol. The van der Waals surface area contributed by atoms with Crippen molar-refractivity contribution in [2.75, 3.05) is 5.73 Å². The van der Waals surface area contributed by atoms with Crippen LogP contribution >= 0.6 is 0 Å². The average Bonchev–Trinajstić information content (AvgIpc) is 3.30. The molecule has 1 aliphatic carbocycles. The van der Waals surface area contributed by atoms with E-state index in [4.69, 9.17) is 10.7 Å². The van der Waals surface area contributed by atoms with Gasteiger partial charge in [0.25, 0.3) is 0 Å². The second-order valence-electron chi connectivity index (χ2n) is 7.51. The van der Waals surface area contributed by atoms with Gasteiger partial charge in [-0.05, 0) is 25.0 Å². The molecule has 1 aromatic carbocycles. The molecule has 0 radical (unpaired) electrons. The van der Waals surface area contributed by atoms with Gasteiger partial charge in [-0.15, -0.1) is 13.2 Å². The third-order valence-corrected chi connectivity index (χ3v) is 5.56. The molecule has 7 nitrogen and oxygen atoms in total. The fourth-order valence-corrected chi connectivity index (χ4v) is 4.26. The predicted molar refractivity (Wildman–Crippen MR) is 105 cm³/mol. The fraction of sp³-hybridized carbons (Fsp3) is 0.350. The summed E-state index contributed by atoms with van der Waals surface area (Å²) >= 11 is 0. The number of aromatic amines is 1. The van der Waals surface area contributed by atoms with E-state index < -0.39 is 6.36 Å². The van der Waals surface area contributed by atoms with Crippen molar-refractivity contribution in [2.45, 2.75) is 44.4 Å². The Morgan fingerprint density at radius 1 is 1.17 bits per heavy atom. The summed E-state index contributed by atoms with van der Waals surface area (Å²) in [6.07, 6.45) is 2.08. The molecule has 1 saturated carbocycles. The number of nitrogens with zero attached hydrogens (tertiary/aromatic N) is 4. The maximum absolute atomic E-state index is 12.8. The molecule has 0 spiro atoms. The maximum atomic E-state index is 12.8. The molecule has 156 valence electrons. The smallest absolute Gasteiger partial charge is 0.404 e. The van der Waals surface area contributed by atoms with Crippen LogP contribution in [0.1, 0.15) is 43.8 Å². The van der Waals surface area contributed by atoms with Crippen LogP contribution in [0.15, 0.2) is 30.6 Å². The number of aromatic nitrogens is 5. The van der Waals surface area contributed by atoms with Gasteiger partial charge in [0, 0.05) is 11.3 Å². The Bertz CT molecular complexity index is 1220. The number of H-pyrrole nitrogens is 1. The van der Waals surface area contributed by atoms with Crippen LogP contribution in [-0.4, -0.2) is 30.9 Å². The second-order valence-corrected chi connectivity index (χ2v) is 7.51. The van der Waals surface area contributed by atoms with Crippen LogP contribution in [0.5, 0.6) is 5.75 Å². The zero-order valence-corrected chi connectivity index (χ0v) is 15.9. The van der Waals surface area contributed by atoms with E-state index in [2.05, 4.69) is 19.8 Å². The molecule has 0 saturated heterocycles. The highest BCUT2D eigenvalue weighted by Crippen LogP contribution is 2.38. The van der Waals surface area contributed by atoms with Crippen molar-refractivity contribution < 1.29 is 17.9 Å². The molecule has 3 heterocycles. The number of nitrogens with one attached hydrogen (secondary N) is 1. The SMILES string of the molecule is Nc1ncnn2c(C3CCCCC3)nc(-c3cc4cccc(OC(F)(F)F)c4[nH]3)c12. The van der Waals surface area contributed by atoms with Crippen molar-refractivity contribution >= 4 is 22.2 Å². The van der Waals surface area contributed by atoms with Gasteiger partial charge in [0.2, 0.25) is 0 Å². The molecule has 4 aromatic rings. The third-order valence-electron chi connectivity index (χ3n) is 5.56. The normalized spacial score (nSPS) is 15.8. The van der Waals surface area contributed by atoms with E-state index in [0.29, 0.717) is 22.3 Å². The minimum Gasteiger partial charge on any atom is -0.404 e. The van der Waals surface area contributed by atoms with Crippen molar-refractivity contribution in [3.8, 4) is 17.1 Å². The number of nitrogen functional groups attached to an aromatic ring is 1. The summed E-state index contributed by atoms with van der Waals surface area (Å²) in [6, 6.07) is 6.22. The highest BCUT2D eigenvalue weighted by molar-refractivity contribution is 5.93. The van der Waals surface area contributed by atoms with Crippen molar-refractivity contribution in [1.82, 2.24) is 24.6 Å². The molecule has 0 bridgehead atoms. The van der Waals surface area contributed by atoms with Crippen molar-refractivity contribution in [3.05, 3.63) is 36.4 Å². The van der Waals surface area contributed by atoms with E-state index in [1.165, 1.54) is 24.9 Å². The highest BCUT2D eigenvalue weighted by atomic mass is 19.4. The van der Waals surface area contributed by atoms with E-state index in [9.17, 15) is 13.2 Å². The van der Waals surface area contributed by atoms with Crippen LogP contribution in [0, 0.1) is 0 Å². The Labute approximate surface area is 169 Å². The molecular formula is C20H19F3N6O. The first-order valence-corrected chi connectivity index (χ1v) is 9.77. The van der Waals surface area contributed by atoms with E-state index in [-0.39, 0.29) is 23.0 Å². The number of rotatable bonds is 3. The lowest BCUT2D eigenvalue weighted by molar-refractivity contribution is -0.274. The number of imidazole rings is 1. The topological polar surface area (TPSA) is 94.1 Å². The van der Waals surface area contributed by atoms with E-state index >= 15 is 0 Å². The van der Waals surface area contributed by atoms with Gasteiger partial charge >= 0.3 is 6.36 Å². The molecule has 30 heavy (non-hydrogen) atoms. The number of nitrogens with two attached hydrogens (primary N) is 1. The summed E-state index contributed by atoms with van der Waals surface area (Å²) in [4.78, 5) is 11.9. The molecule has 0 amide bonds. The zero-order chi connectivity index (χ0) is 20.9. The molecule has 0 aliphatic heterocycles. The van der Waals surface area contributed by atoms with Crippen molar-refractivity contribution in [3.63, 3.8) is 0 Å². The van der Waals surface area contributed by atoms with E-state index in [1.54, 1.807) is 16.6 Å². The van der Waals surface area contributed by atoms with Gasteiger partial charge in [0.1, 0.15) is 23.4 Å². The Hall–Kier alpha value is -3.30. The molecule has 1 aliphatic rings. The number of para-hydroxylation sites is 1. The van der Waals surface area contributed by atoms with Crippen molar-refractivity contribution in [2.24, 2.45) is 0 Å². The largest absolute Gasteiger partial charge is 0.573 e. The quantitative estimate of drug-likeness (QED) is 0.500. The summed E-state index contributed by atoms with van der Waals surface area (Å²) in [5, 5.41) is 4.93. The third kappa shape index (κ3) is 3.21. The van der Waals surface area contributed by atoms with Crippen LogP contribution < -0.4 is 10.5 Å².